The van der Waals surface area contributed by atoms with Crippen molar-refractivity contribution >= 4 is 41.0 Å². The molecule has 0 saturated heterocycles. The van der Waals surface area contributed by atoms with Crippen LogP contribution in [-0.2, 0) is 30.3 Å². The molecule has 13 heteroatoms. The van der Waals surface area contributed by atoms with Gasteiger partial charge in [-0.2, -0.15) is 0 Å². The van der Waals surface area contributed by atoms with Crippen molar-refractivity contribution in [3.63, 3.8) is 0 Å². The first kappa shape index (κ1) is 40.3. The third-order valence-corrected chi connectivity index (χ3v) is 9.32. The second-order valence-corrected chi connectivity index (χ2v) is 14.1. The Morgan fingerprint density at radius 3 is 2.17 bits per heavy atom. The van der Waals surface area contributed by atoms with Crippen LogP contribution in [0.25, 0.3) is 0 Å². The van der Waals surface area contributed by atoms with Gasteiger partial charge in [0.2, 0.25) is 11.8 Å². The number of nitrogens with one attached hydrogen (secondary N) is 2. The fourth-order valence-electron chi connectivity index (χ4n) is 5.49. The third kappa shape index (κ3) is 12.6. The predicted molar refractivity (Wildman–Crippen MR) is 185 cm³/mol. The number of hydrogen-bond acceptors (Lipinski definition) is 9. The number of thiazole rings is 1. The molecule has 1 aromatic heterocycles. The molecule has 0 spiro atoms. The molecule has 6 atom stereocenters. The van der Waals surface area contributed by atoms with Crippen LogP contribution < -0.4 is 10.6 Å². The van der Waals surface area contributed by atoms with Crippen LogP contribution >= 0.6 is 11.3 Å². The molecule has 0 aliphatic heterocycles. The first-order chi connectivity index (χ1) is 22.5. The number of likely N-dealkylation sites (N-methyl/N-ethyl adjacent to an activating group) is 2. The number of aliphatic carboxylic acids is 1. The molecule has 3 amide bonds. The van der Waals surface area contributed by atoms with Crippen LogP contribution in [0.4, 0.5) is 0 Å². The Labute approximate surface area is 288 Å². The van der Waals surface area contributed by atoms with Gasteiger partial charge in [0.1, 0.15) is 16.7 Å². The van der Waals surface area contributed by atoms with Gasteiger partial charge in [0.05, 0.1) is 12.5 Å². The van der Waals surface area contributed by atoms with E-state index in [9.17, 15) is 29.1 Å². The van der Waals surface area contributed by atoms with E-state index in [1.54, 1.807) is 43.2 Å². The van der Waals surface area contributed by atoms with Gasteiger partial charge in [-0.15, -0.1) is 11.3 Å². The zero-order chi connectivity index (χ0) is 36.1. The zero-order valence-electron chi connectivity index (χ0n) is 29.7. The van der Waals surface area contributed by atoms with E-state index in [0.29, 0.717) is 17.8 Å². The Morgan fingerprint density at radius 2 is 1.62 bits per heavy atom. The molecule has 2 rings (SSSR count). The lowest BCUT2D eigenvalue weighted by molar-refractivity contribution is -0.149. The maximum atomic E-state index is 13.9. The molecular formula is C35H53N5O7S. The fourth-order valence-corrected chi connectivity index (χ4v) is 6.33. The van der Waals surface area contributed by atoms with Crippen molar-refractivity contribution in [3.8, 4) is 0 Å². The summed E-state index contributed by atoms with van der Waals surface area (Å²) in [6, 6.07) is 7.92. The van der Waals surface area contributed by atoms with Gasteiger partial charge in [-0.1, -0.05) is 71.4 Å². The highest BCUT2D eigenvalue weighted by Gasteiger charge is 2.35. The van der Waals surface area contributed by atoms with Gasteiger partial charge in [0.15, 0.2) is 6.10 Å². The van der Waals surface area contributed by atoms with E-state index in [2.05, 4.69) is 15.6 Å². The van der Waals surface area contributed by atoms with Crippen molar-refractivity contribution in [1.29, 1.82) is 0 Å². The maximum Gasteiger partial charge on any atom is 0.306 e. The Kier molecular flexibility index (Phi) is 16.2. The highest BCUT2D eigenvalue weighted by atomic mass is 32.1. The van der Waals surface area contributed by atoms with Crippen LogP contribution in [0.15, 0.2) is 35.7 Å². The summed E-state index contributed by atoms with van der Waals surface area (Å²) in [6.45, 7) is 10.9. The molecule has 0 radical (unpaired) electrons. The minimum Gasteiger partial charge on any atom is -0.481 e. The van der Waals surface area contributed by atoms with Crippen molar-refractivity contribution in [2.24, 2.45) is 17.8 Å². The lowest BCUT2D eigenvalue weighted by Gasteiger charge is -2.37. The average molecular weight is 688 g/mol. The second kappa shape index (κ2) is 19.2. The number of aromatic nitrogens is 1. The number of ether oxygens (including phenoxy) is 1. The van der Waals surface area contributed by atoms with Crippen molar-refractivity contribution in [1.82, 2.24) is 25.4 Å². The lowest BCUT2D eigenvalue weighted by atomic mass is 9.93. The van der Waals surface area contributed by atoms with Gasteiger partial charge in [-0.25, -0.2) is 4.98 Å². The standard InChI is InChI=1S/C35H53N5O7S/c1-10-22(4)31(38-30(42)19-39(7)8)34(44)40(9)28(21(2)3)18-29(47-24(6)41)33-37-27(20-48-33)32(43)36-26(16-23(5)35(45)46)17-25-14-12-11-13-15-25/h11-15,20-23,26,28-29,31H,10,16-19H2,1-9H3,(H,36,43)(H,38,42)(H,45,46)/t22-,23-,26+,28+,29-,31-/m0/s1. The molecule has 12 nitrogen and oxygen atoms in total. The van der Waals surface area contributed by atoms with Gasteiger partial charge in [0, 0.05) is 37.9 Å². The first-order valence-corrected chi connectivity index (χ1v) is 17.3. The number of nitrogens with zero attached hydrogens (tertiary/aromatic N) is 3. The number of hydrogen-bond donors (Lipinski definition) is 3. The number of amides is 3. The van der Waals surface area contributed by atoms with E-state index in [-0.39, 0.29) is 48.7 Å². The SMILES string of the molecule is CC[C@H](C)[C@H](NC(=O)CN(C)C)C(=O)N(C)[C@H](C[C@H](OC(C)=O)c1nc(C(=O)N[C@@H](Cc2ccccc2)C[C@H](C)C(=O)O)cs1)C(C)C. The van der Waals surface area contributed by atoms with E-state index in [1.165, 1.54) is 18.3 Å². The fraction of sp³-hybridized carbons (Fsp3) is 0.600. The van der Waals surface area contributed by atoms with Crippen molar-refractivity contribution < 1.29 is 33.8 Å². The summed E-state index contributed by atoms with van der Waals surface area (Å²) in [5.41, 5.74) is 1.08. The lowest BCUT2D eigenvalue weighted by Crippen LogP contribution is -2.55. The number of carbonyl (C=O) groups excluding carboxylic acids is 4. The molecule has 1 aromatic carbocycles. The van der Waals surface area contributed by atoms with Gasteiger partial charge in [0.25, 0.3) is 5.91 Å². The summed E-state index contributed by atoms with van der Waals surface area (Å²) in [4.78, 5) is 71.7. The zero-order valence-corrected chi connectivity index (χ0v) is 30.5. The summed E-state index contributed by atoms with van der Waals surface area (Å²) in [6.07, 6.45) is 0.738. The summed E-state index contributed by atoms with van der Waals surface area (Å²) in [5.74, 6) is -3.27. The molecule has 3 N–H and O–H groups in total. The van der Waals surface area contributed by atoms with Crippen molar-refractivity contribution in [2.75, 3.05) is 27.7 Å². The van der Waals surface area contributed by atoms with Crippen molar-refractivity contribution in [3.05, 3.63) is 52.0 Å². The summed E-state index contributed by atoms with van der Waals surface area (Å²) in [5, 5.41) is 17.3. The second-order valence-electron chi connectivity index (χ2n) is 13.2. The van der Waals surface area contributed by atoms with Gasteiger partial charge in [-0.3, -0.25) is 24.0 Å². The van der Waals surface area contributed by atoms with Crippen LogP contribution in [0.1, 0.15) is 88.0 Å². The molecule has 0 fully saturated rings. The van der Waals surface area contributed by atoms with E-state index in [1.807, 2.05) is 58.0 Å². The summed E-state index contributed by atoms with van der Waals surface area (Å²) < 4.78 is 5.72. The van der Waals surface area contributed by atoms with Gasteiger partial charge in [-0.05, 0) is 44.3 Å². The normalized spacial score (nSPS) is 15.1. The van der Waals surface area contributed by atoms with Crippen molar-refractivity contribution in [2.45, 2.75) is 91.5 Å². The summed E-state index contributed by atoms with van der Waals surface area (Å²) in [7, 11) is 5.26. The number of carboxylic acid groups (broad SMARTS) is 1. The van der Waals surface area contributed by atoms with E-state index >= 15 is 0 Å². The smallest absolute Gasteiger partial charge is 0.306 e. The third-order valence-electron chi connectivity index (χ3n) is 8.38. The Hall–Kier alpha value is -3.84. The van der Waals surface area contributed by atoms with E-state index in [0.717, 1.165) is 5.56 Å². The highest BCUT2D eigenvalue weighted by molar-refractivity contribution is 7.09. The number of esters is 1. The first-order valence-electron chi connectivity index (χ1n) is 16.4. The van der Waals surface area contributed by atoms with Gasteiger partial charge < -0.3 is 30.3 Å². The molecule has 0 aliphatic rings. The quantitative estimate of drug-likeness (QED) is 0.185. The largest absolute Gasteiger partial charge is 0.481 e. The molecule has 48 heavy (non-hydrogen) atoms. The molecular weight excluding hydrogens is 634 g/mol. The minimum atomic E-state index is -0.947. The molecule has 0 unspecified atom stereocenters. The minimum absolute atomic E-state index is 0.0511. The molecule has 0 bridgehead atoms. The van der Waals surface area contributed by atoms with Crippen LogP contribution in [0, 0.1) is 17.8 Å². The maximum absolute atomic E-state index is 13.9. The van der Waals surface area contributed by atoms with Crippen LogP contribution in [0.3, 0.4) is 0 Å². The number of carboxylic acids is 1. The van der Waals surface area contributed by atoms with E-state index < -0.39 is 48.0 Å². The monoisotopic (exact) mass is 687 g/mol. The molecule has 0 saturated carbocycles. The summed E-state index contributed by atoms with van der Waals surface area (Å²) >= 11 is 1.17. The molecule has 1 heterocycles. The molecule has 2 aromatic rings. The highest BCUT2D eigenvalue weighted by Crippen LogP contribution is 2.31. The molecule has 266 valence electrons. The van der Waals surface area contributed by atoms with E-state index in [4.69, 9.17) is 4.74 Å². The number of carbonyl (C=O) groups is 5. The molecule has 0 aliphatic carbocycles. The number of benzene rings is 1. The predicted octanol–water partition coefficient (Wildman–Crippen LogP) is 4.16. The Morgan fingerprint density at radius 1 is 0.979 bits per heavy atom. The van der Waals surface area contributed by atoms with Gasteiger partial charge >= 0.3 is 11.9 Å². The Bertz CT molecular complexity index is 1370. The van der Waals surface area contributed by atoms with Crippen LogP contribution in [-0.4, -0.2) is 95.4 Å². The topological polar surface area (TPSA) is 158 Å². The van der Waals surface area contributed by atoms with Crippen LogP contribution in [0.2, 0.25) is 0 Å². The van der Waals surface area contributed by atoms with Crippen LogP contribution in [0.5, 0.6) is 0 Å². The number of rotatable bonds is 19. The Balaban J connectivity index is 2.31. The average Bonchev–Trinajstić information content (AvgIpc) is 3.51.